The zero-order valence-electron chi connectivity index (χ0n) is 14.1. The van der Waals surface area contributed by atoms with E-state index in [1.165, 1.54) is 30.0 Å². The van der Waals surface area contributed by atoms with Crippen LogP contribution in [0.3, 0.4) is 0 Å². The number of nitrogens with zero attached hydrogens (tertiary/aromatic N) is 1. The molecular weight excluding hydrogens is 462 g/mol. The molecule has 0 aliphatic rings. The fourth-order valence-electron chi connectivity index (χ4n) is 1.71. The Hall–Kier alpha value is -1.77. The van der Waals surface area contributed by atoms with Crippen LogP contribution in [0.4, 0.5) is 40.8 Å². The van der Waals surface area contributed by atoms with Crippen LogP contribution in [-0.4, -0.2) is 53.7 Å². The number of ether oxygens (including phenoxy) is 1. The van der Waals surface area contributed by atoms with Crippen LogP contribution < -0.4 is 0 Å². The molecule has 0 radical (unpaired) electrons. The Morgan fingerprint density at radius 1 is 1.21 bits per heavy atom. The van der Waals surface area contributed by atoms with Crippen LogP contribution in [0.25, 0.3) is 0 Å². The van der Waals surface area contributed by atoms with Crippen molar-refractivity contribution in [3.8, 4) is 0 Å². The van der Waals surface area contributed by atoms with E-state index in [-0.39, 0.29) is 4.90 Å². The maximum absolute atomic E-state index is 13.3. The molecule has 1 rings (SSSR count). The summed E-state index contributed by atoms with van der Waals surface area (Å²) in [4.78, 5) is 22.1. The van der Waals surface area contributed by atoms with E-state index in [1.54, 1.807) is 6.26 Å². The third-order valence-corrected chi connectivity index (χ3v) is 5.04. The molecule has 0 fully saturated rings. The molecule has 15 heteroatoms. The van der Waals surface area contributed by atoms with Crippen molar-refractivity contribution in [1.29, 1.82) is 0 Å². The lowest BCUT2D eigenvalue weighted by Crippen LogP contribution is -2.59. The number of benzene rings is 1. The molecule has 0 saturated heterocycles. The van der Waals surface area contributed by atoms with Gasteiger partial charge in [0.2, 0.25) is 0 Å². The number of nitro benzene ring substituents is 1. The zero-order chi connectivity index (χ0) is 22.6. The first-order valence-electron chi connectivity index (χ1n) is 7.19. The Kier molecular flexibility index (Phi) is 8.16. The third-order valence-electron chi connectivity index (χ3n) is 3.27. The second-order valence-electron chi connectivity index (χ2n) is 5.24. The molecule has 1 aromatic carbocycles. The first-order valence-corrected chi connectivity index (χ1v) is 9.41. The molecule has 1 aromatic rings. The second kappa shape index (κ2) is 9.36. The van der Waals surface area contributed by atoms with Gasteiger partial charge in [-0.2, -0.15) is 26.3 Å². The molecule has 29 heavy (non-hydrogen) atoms. The highest BCUT2D eigenvalue weighted by Gasteiger charge is 2.75. The molecule has 0 spiro atoms. The molecule has 0 heterocycles. The topological polar surface area (TPSA) is 69.4 Å². The van der Waals surface area contributed by atoms with Gasteiger partial charge < -0.3 is 4.74 Å². The normalized spacial score (nSPS) is 12.9. The van der Waals surface area contributed by atoms with Gasteiger partial charge in [-0.15, -0.1) is 23.5 Å². The highest BCUT2D eigenvalue weighted by atomic mass is 32.2. The molecule has 0 bridgehead atoms. The Labute approximate surface area is 166 Å². The Morgan fingerprint density at radius 2 is 1.79 bits per heavy atom. The lowest BCUT2D eigenvalue weighted by atomic mass is 10.1. The molecule has 0 unspecified atom stereocenters. The van der Waals surface area contributed by atoms with Gasteiger partial charge in [-0.1, -0.05) is 0 Å². The number of hydrogen-bond donors (Lipinski definition) is 0. The summed E-state index contributed by atoms with van der Waals surface area (Å²) in [6, 6.07) is 3.86. The number of halogens is 8. The van der Waals surface area contributed by atoms with E-state index in [9.17, 15) is 50.0 Å². The van der Waals surface area contributed by atoms with Gasteiger partial charge in [0.25, 0.3) is 5.69 Å². The third kappa shape index (κ3) is 5.65. The molecule has 0 atom stereocenters. The molecule has 0 aromatic heterocycles. The fourth-order valence-corrected chi connectivity index (χ4v) is 2.95. The van der Waals surface area contributed by atoms with Crippen molar-refractivity contribution in [2.24, 2.45) is 0 Å². The summed E-state index contributed by atoms with van der Waals surface area (Å²) in [5.74, 6) is -21.1. The Bertz CT molecular complexity index is 763. The number of rotatable bonds is 10. The van der Waals surface area contributed by atoms with Crippen molar-refractivity contribution < 1.29 is 49.6 Å². The van der Waals surface area contributed by atoms with E-state index in [4.69, 9.17) is 0 Å². The van der Waals surface area contributed by atoms with Crippen molar-refractivity contribution in [1.82, 2.24) is 0 Å². The Morgan fingerprint density at radius 3 is 2.28 bits per heavy atom. The molecule has 164 valence electrons. The van der Waals surface area contributed by atoms with Crippen LogP contribution in [0, 0.1) is 10.1 Å². The predicted molar refractivity (Wildman–Crippen MR) is 87.4 cm³/mol. The van der Waals surface area contributed by atoms with Crippen LogP contribution in [0.1, 0.15) is 0 Å². The van der Waals surface area contributed by atoms with E-state index < -0.39 is 53.1 Å². The summed E-state index contributed by atoms with van der Waals surface area (Å²) in [7, 11) is 0. The number of carbonyl (C=O) groups excluding carboxylic acids is 1. The van der Waals surface area contributed by atoms with Crippen molar-refractivity contribution in [2.45, 2.75) is 34.0 Å². The number of nitro groups is 1. The predicted octanol–water partition coefficient (Wildman–Crippen LogP) is 5.12. The van der Waals surface area contributed by atoms with Crippen molar-refractivity contribution in [3.63, 3.8) is 0 Å². The van der Waals surface area contributed by atoms with Gasteiger partial charge in [0, 0.05) is 11.0 Å². The standard InChI is InChI=1S/C14H11F8NO4S2/c1-28-7-2-3-9(8(4-7)23(25)26)29-5-10(24)27-6-12(17,18)14(21,22)13(19,20)11(15)16/h2-4,11H,5-6H2,1H3. The largest absolute Gasteiger partial charge is 0.458 e. The summed E-state index contributed by atoms with van der Waals surface area (Å²) in [5, 5.41) is 11.0. The van der Waals surface area contributed by atoms with Gasteiger partial charge in [0.05, 0.1) is 15.6 Å². The molecule has 0 amide bonds. The highest BCUT2D eigenvalue weighted by molar-refractivity contribution is 8.00. The van der Waals surface area contributed by atoms with Crippen molar-refractivity contribution in [2.75, 3.05) is 18.6 Å². The molecule has 0 saturated carbocycles. The van der Waals surface area contributed by atoms with E-state index in [2.05, 4.69) is 4.74 Å². The van der Waals surface area contributed by atoms with Crippen LogP contribution in [0.2, 0.25) is 0 Å². The maximum atomic E-state index is 13.3. The van der Waals surface area contributed by atoms with E-state index in [1.807, 2.05) is 0 Å². The minimum absolute atomic E-state index is 0.0777. The molecule has 0 aliphatic heterocycles. The second-order valence-corrected chi connectivity index (χ2v) is 7.14. The summed E-state index contributed by atoms with van der Waals surface area (Å²) in [6.45, 7) is -2.59. The number of thioether (sulfide) groups is 2. The highest BCUT2D eigenvalue weighted by Crippen LogP contribution is 2.48. The summed E-state index contributed by atoms with van der Waals surface area (Å²) in [5.41, 5.74) is -0.428. The molecule has 5 nitrogen and oxygen atoms in total. The average molecular weight is 473 g/mol. The van der Waals surface area contributed by atoms with Gasteiger partial charge in [-0.05, 0) is 18.4 Å². The van der Waals surface area contributed by atoms with Gasteiger partial charge in [0.1, 0.15) is 0 Å². The lowest BCUT2D eigenvalue weighted by molar-refractivity contribution is -0.387. The van der Waals surface area contributed by atoms with Crippen LogP contribution in [0.5, 0.6) is 0 Å². The first-order chi connectivity index (χ1) is 13.2. The number of esters is 1. The Balaban J connectivity index is 2.78. The van der Waals surface area contributed by atoms with Crippen LogP contribution >= 0.6 is 23.5 Å². The SMILES string of the molecule is CSc1ccc(SCC(=O)OCC(F)(F)C(F)(F)C(F)(F)C(F)F)c([N+](=O)[O-])c1. The van der Waals surface area contributed by atoms with E-state index in [0.29, 0.717) is 16.7 Å². The molecule has 0 N–H and O–H groups in total. The van der Waals surface area contributed by atoms with E-state index in [0.717, 1.165) is 0 Å². The minimum Gasteiger partial charge on any atom is -0.458 e. The lowest BCUT2D eigenvalue weighted by Gasteiger charge is -2.31. The van der Waals surface area contributed by atoms with Gasteiger partial charge in [-0.25, -0.2) is 8.78 Å². The number of hydrogen-bond acceptors (Lipinski definition) is 6. The van der Waals surface area contributed by atoms with Gasteiger partial charge >= 0.3 is 30.2 Å². The van der Waals surface area contributed by atoms with Crippen molar-refractivity contribution in [3.05, 3.63) is 28.3 Å². The minimum atomic E-state index is -6.49. The first kappa shape index (κ1) is 25.3. The van der Waals surface area contributed by atoms with Crippen molar-refractivity contribution >= 4 is 35.2 Å². The summed E-state index contributed by atoms with van der Waals surface area (Å²) >= 11 is 1.62. The fraction of sp³-hybridized carbons (Fsp3) is 0.500. The number of alkyl halides is 8. The van der Waals surface area contributed by atoms with Crippen LogP contribution in [0.15, 0.2) is 28.0 Å². The number of carbonyl (C=O) groups is 1. The summed E-state index contributed by atoms with van der Waals surface area (Å²) < 4.78 is 106. The zero-order valence-corrected chi connectivity index (χ0v) is 15.8. The van der Waals surface area contributed by atoms with E-state index >= 15 is 0 Å². The maximum Gasteiger partial charge on any atom is 0.381 e. The summed E-state index contributed by atoms with van der Waals surface area (Å²) in [6.07, 6.45) is -3.45. The van der Waals surface area contributed by atoms with Gasteiger partial charge in [0.15, 0.2) is 6.61 Å². The molecule has 0 aliphatic carbocycles. The smallest absolute Gasteiger partial charge is 0.381 e. The monoisotopic (exact) mass is 473 g/mol. The van der Waals surface area contributed by atoms with Gasteiger partial charge in [-0.3, -0.25) is 14.9 Å². The quantitative estimate of drug-likeness (QED) is 0.154. The average Bonchev–Trinajstić information content (AvgIpc) is 2.63. The molecular formula is C14H11F8NO4S2. The van der Waals surface area contributed by atoms with Crippen LogP contribution in [-0.2, 0) is 9.53 Å².